The van der Waals surface area contributed by atoms with Gasteiger partial charge in [-0.1, -0.05) is 12.2 Å². The highest BCUT2D eigenvalue weighted by Crippen LogP contribution is 2.52. The van der Waals surface area contributed by atoms with Crippen LogP contribution in [-0.2, 0) is 9.59 Å². The Labute approximate surface area is 89.1 Å². The molecule has 0 aromatic heterocycles. The van der Waals surface area contributed by atoms with Crippen LogP contribution in [0, 0.1) is 23.7 Å². The van der Waals surface area contributed by atoms with Crippen LogP contribution in [0.2, 0.25) is 0 Å². The smallest absolute Gasteiger partial charge is 0.233 e. The van der Waals surface area contributed by atoms with Crippen molar-refractivity contribution in [3.63, 3.8) is 0 Å². The van der Waals surface area contributed by atoms with Gasteiger partial charge in [-0.05, 0) is 32.1 Å². The fourth-order valence-electron chi connectivity index (χ4n) is 3.43. The number of likely N-dealkylation sites (tertiary alicyclic amines) is 1. The molecule has 2 amide bonds. The lowest BCUT2D eigenvalue weighted by molar-refractivity contribution is -0.142. The molecule has 3 rings (SSSR count). The first-order chi connectivity index (χ1) is 7.11. The molecular formula is C12H15NO2. The van der Waals surface area contributed by atoms with Gasteiger partial charge < -0.3 is 0 Å². The van der Waals surface area contributed by atoms with Gasteiger partial charge in [0.2, 0.25) is 11.8 Å². The van der Waals surface area contributed by atoms with Gasteiger partial charge in [-0.3, -0.25) is 14.5 Å². The van der Waals surface area contributed by atoms with Crippen molar-refractivity contribution in [1.29, 1.82) is 0 Å². The highest BCUT2D eigenvalue weighted by Gasteiger charge is 2.59. The molecule has 15 heavy (non-hydrogen) atoms. The number of nitrogens with zero attached hydrogens (tertiary/aromatic N) is 1. The third kappa shape index (κ3) is 0.959. The number of amides is 2. The largest absolute Gasteiger partial charge is 0.280 e. The standard InChI is InChI=1S/C12H15NO2/c1-6(2)13-11(14)9-7-3-4-8(5-7)10(9)12(13)15/h3-4,6-10H,5H2,1-2H3/t7-,8+,9-,10+. The Bertz CT molecular complexity index is 342. The first-order valence-electron chi connectivity index (χ1n) is 5.66. The molecule has 3 nitrogen and oxygen atoms in total. The molecule has 1 heterocycles. The average molecular weight is 205 g/mol. The van der Waals surface area contributed by atoms with Crippen molar-refractivity contribution in [2.75, 3.05) is 0 Å². The summed E-state index contributed by atoms with van der Waals surface area (Å²) in [5.74, 6) is 0.735. The van der Waals surface area contributed by atoms with Crippen molar-refractivity contribution in [2.45, 2.75) is 26.3 Å². The van der Waals surface area contributed by atoms with Crippen LogP contribution in [0.3, 0.4) is 0 Å². The van der Waals surface area contributed by atoms with Gasteiger partial charge in [0, 0.05) is 6.04 Å². The zero-order valence-corrected chi connectivity index (χ0v) is 9.01. The molecule has 0 N–H and O–H groups in total. The zero-order valence-electron chi connectivity index (χ0n) is 9.01. The number of carbonyl (C=O) groups excluding carboxylic acids is 2. The lowest BCUT2D eigenvalue weighted by Crippen LogP contribution is -2.38. The molecule has 2 fully saturated rings. The molecular weight excluding hydrogens is 190 g/mol. The predicted molar refractivity (Wildman–Crippen MR) is 54.7 cm³/mol. The minimum Gasteiger partial charge on any atom is -0.280 e. The van der Waals surface area contributed by atoms with Crippen LogP contribution in [-0.4, -0.2) is 22.8 Å². The summed E-state index contributed by atoms with van der Waals surface area (Å²) in [6.45, 7) is 3.82. The number of fused-ring (bicyclic) bond motifs is 5. The van der Waals surface area contributed by atoms with Crippen LogP contribution in [0.15, 0.2) is 12.2 Å². The van der Waals surface area contributed by atoms with E-state index in [4.69, 9.17) is 0 Å². The average Bonchev–Trinajstić information content (AvgIpc) is 2.79. The summed E-state index contributed by atoms with van der Waals surface area (Å²) in [4.78, 5) is 25.7. The van der Waals surface area contributed by atoms with E-state index in [0.717, 1.165) is 6.42 Å². The normalized spacial score (nSPS) is 42.2. The Kier molecular flexibility index (Phi) is 1.65. The van der Waals surface area contributed by atoms with E-state index >= 15 is 0 Å². The Balaban J connectivity index is 2.00. The highest BCUT2D eigenvalue weighted by atomic mass is 16.2. The van der Waals surface area contributed by atoms with E-state index in [0.29, 0.717) is 11.8 Å². The van der Waals surface area contributed by atoms with E-state index in [2.05, 4.69) is 12.2 Å². The molecule has 1 aliphatic heterocycles. The molecule has 1 saturated carbocycles. The van der Waals surface area contributed by atoms with Gasteiger partial charge in [-0.2, -0.15) is 0 Å². The number of rotatable bonds is 1. The van der Waals surface area contributed by atoms with Crippen LogP contribution in [0.5, 0.6) is 0 Å². The molecule has 0 radical (unpaired) electrons. The van der Waals surface area contributed by atoms with Crippen LogP contribution >= 0.6 is 0 Å². The van der Waals surface area contributed by atoms with Crippen LogP contribution < -0.4 is 0 Å². The first kappa shape index (κ1) is 9.13. The maximum absolute atomic E-state index is 12.1. The number of imide groups is 1. The molecule has 0 unspecified atom stereocenters. The second-order valence-electron chi connectivity index (χ2n) is 5.14. The van der Waals surface area contributed by atoms with Crippen LogP contribution in [0.25, 0.3) is 0 Å². The minimum absolute atomic E-state index is 0.00926. The number of carbonyl (C=O) groups is 2. The summed E-state index contributed by atoms with van der Waals surface area (Å²) < 4.78 is 0. The van der Waals surface area contributed by atoms with Crippen LogP contribution in [0.4, 0.5) is 0 Å². The molecule has 3 heteroatoms. The predicted octanol–water partition coefficient (Wildman–Crippen LogP) is 1.20. The van der Waals surface area contributed by atoms with Crippen molar-refractivity contribution in [3.8, 4) is 0 Å². The van der Waals surface area contributed by atoms with E-state index in [1.54, 1.807) is 0 Å². The van der Waals surface area contributed by atoms with Gasteiger partial charge in [0.1, 0.15) is 0 Å². The second-order valence-corrected chi connectivity index (χ2v) is 5.14. The van der Waals surface area contributed by atoms with Gasteiger partial charge >= 0.3 is 0 Å². The first-order valence-corrected chi connectivity index (χ1v) is 5.66. The Morgan fingerprint density at radius 1 is 1.13 bits per heavy atom. The summed E-state index contributed by atoms with van der Waals surface area (Å²) in [5.41, 5.74) is 0. The van der Waals surface area contributed by atoms with Crippen molar-refractivity contribution < 1.29 is 9.59 Å². The van der Waals surface area contributed by atoms with Gasteiger partial charge in [0.25, 0.3) is 0 Å². The second kappa shape index (κ2) is 2.71. The van der Waals surface area contributed by atoms with E-state index in [-0.39, 0.29) is 29.7 Å². The lowest BCUT2D eigenvalue weighted by atomic mass is 9.85. The minimum atomic E-state index is -0.0325. The number of allylic oxidation sites excluding steroid dienone is 2. The fraction of sp³-hybridized carbons (Fsp3) is 0.667. The third-order valence-electron chi connectivity index (χ3n) is 4.02. The van der Waals surface area contributed by atoms with Crippen molar-refractivity contribution in [1.82, 2.24) is 4.90 Å². The fourth-order valence-corrected chi connectivity index (χ4v) is 3.43. The highest BCUT2D eigenvalue weighted by molar-refractivity contribution is 6.06. The third-order valence-corrected chi connectivity index (χ3v) is 4.02. The monoisotopic (exact) mass is 205 g/mol. The molecule has 1 saturated heterocycles. The Morgan fingerprint density at radius 3 is 2.00 bits per heavy atom. The molecule has 2 aliphatic carbocycles. The zero-order chi connectivity index (χ0) is 10.7. The summed E-state index contributed by atoms with van der Waals surface area (Å²) in [5, 5.41) is 0. The quantitative estimate of drug-likeness (QED) is 0.476. The number of hydrogen-bond donors (Lipinski definition) is 0. The summed E-state index contributed by atoms with van der Waals surface area (Å²) in [7, 11) is 0. The van der Waals surface area contributed by atoms with Crippen molar-refractivity contribution in [3.05, 3.63) is 12.2 Å². The van der Waals surface area contributed by atoms with E-state index in [1.165, 1.54) is 4.90 Å². The molecule has 0 spiro atoms. The maximum Gasteiger partial charge on any atom is 0.233 e. The van der Waals surface area contributed by atoms with Crippen LogP contribution in [0.1, 0.15) is 20.3 Å². The van der Waals surface area contributed by atoms with Gasteiger partial charge in [0.05, 0.1) is 11.8 Å². The van der Waals surface area contributed by atoms with Crippen molar-refractivity contribution in [2.24, 2.45) is 23.7 Å². The molecule has 0 aromatic rings. The molecule has 2 bridgehead atoms. The SMILES string of the molecule is CC(C)N1C(=O)[C@@H]2[C@H](C1=O)[C@@H]1C=C[C@H]2C1. The summed E-state index contributed by atoms with van der Waals surface area (Å²) in [6.07, 6.45) is 5.26. The van der Waals surface area contributed by atoms with Gasteiger partial charge in [0.15, 0.2) is 0 Å². The van der Waals surface area contributed by atoms with Gasteiger partial charge in [-0.25, -0.2) is 0 Å². The van der Waals surface area contributed by atoms with E-state index < -0.39 is 0 Å². The Morgan fingerprint density at radius 2 is 1.60 bits per heavy atom. The lowest BCUT2D eigenvalue weighted by Gasteiger charge is -2.20. The molecule has 0 aromatic carbocycles. The molecule has 3 aliphatic rings. The topological polar surface area (TPSA) is 37.4 Å². The van der Waals surface area contributed by atoms with Crippen molar-refractivity contribution >= 4 is 11.8 Å². The Hall–Kier alpha value is -1.12. The van der Waals surface area contributed by atoms with Gasteiger partial charge in [-0.15, -0.1) is 0 Å². The van der Waals surface area contributed by atoms with E-state index in [9.17, 15) is 9.59 Å². The van der Waals surface area contributed by atoms with E-state index in [1.807, 2.05) is 13.8 Å². The maximum atomic E-state index is 12.1. The summed E-state index contributed by atoms with van der Waals surface area (Å²) >= 11 is 0. The molecule has 4 atom stereocenters. The summed E-state index contributed by atoms with van der Waals surface area (Å²) in [6, 6.07) is 0.00926. The number of hydrogen-bond acceptors (Lipinski definition) is 2. The molecule has 80 valence electrons.